The van der Waals surface area contributed by atoms with Crippen LogP contribution in [0.25, 0.3) is 0 Å². The smallest absolute Gasteiger partial charge is 0.408 e. The first kappa shape index (κ1) is 19.8. The summed E-state index contributed by atoms with van der Waals surface area (Å²) in [6.07, 6.45) is 2.42. The lowest BCUT2D eigenvalue weighted by molar-refractivity contribution is 0.0492. The Balaban J connectivity index is 2.02. The zero-order chi connectivity index (χ0) is 18.8. The van der Waals surface area contributed by atoms with E-state index in [9.17, 15) is 14.0 Å². The molecule has 1 aromatic heterocycles. The Labute approximate surface area is 155 Å². The fraction of sp³-hybridized carbons (Fsp3) is 0.562. The molecule has 1 atom stereocenters. The van der Waals surface area contributed by atoms with E-state index in [-0.39, 0.29) is 16.8 Å². The van der Waals surface area contributed by atoms with Crippen molar-refractivity contribution in [2.75, 3.05) is 5.32 Å². The minimum Gasteiger partial charge on any atom is -0.444 e. The summed E-state index contributed by atoms with van der Waals surface area (Å²) in [4.78, 5) is 27.3. The van der Waals surface area contributed by atoms with Gasteiger partial charge in [-0.3, -0.25) is 10.1 Å². The summed E-state index contributed by atoms with van der Waals surface area (Å²) < 4.78 is 19.0. The summed E-state index contributed by atoms with van der Waals surface area (Å²) >= 11 is 6.52. The second-order valence-corrected chi connectivity index (χ2v) is 8.87. The van der Waals surface area contributed by atoms with Crippen molar-refractivity contribution in [2.24, 2.45) is 5.92 Å². The molecule has 1 fully saturated rings. The van der Waals surface area contributed by atoms with Crippen LogP contribution in [0.15, 0.2) is 12.3 Å². The first-order chi connectivity index (χ1) is 11.5. The predicted molar refractivity (Wildman–Crippen MR) is 96.3 cm³/mol. The molecule has 1 aromatic rings. The lowest BCUT2D eigenvalue weighted by Gasteiger charge is -2.31. The second-order valence-electron chi connectivity index (χ2n) is 7.01. The van der Waals surface area contributed by atoms with Gasteiger partial charge in [0.2, 0.25) is 0 Å². The Bertz CT molecular complexity index is 679. The van der Waals surface area contributed by atoms with Crippen LogP contribution in [0.1, 0.15) is 40.5 Å². The molecule has 1 heterocycles. The molecule has 1 unspecified atom stereocenters. The van der Waals surface area contributed by atoms with Crippen LogP contribution in [-0.2, 0) is 4.74 Å². The largest absolute Gasteiger partial charge is 0.444 e. The van der Waals surface area contributed by atoms with Gasteiger partial charge in [-0.05, 0) is 64.3 Å². The highest BCUT2D eigenvalue weighted by Gasteiger charge is 2.45. The zero-order valence-corrected chi connectivity index (χ0v) is 16.1. The maximum absolute atomic E-state index is 13.7. The van der Waals surface area contributed by atoms with Crippen molar-refractivity contribution in [1.82, 2.24) is 10.3 Å². The van der Waals surface area contributed by atoms with Gasteiger partial charge in [-0.2, -0.15) is 0 Å². The van der Waals surface area contributed by atoms with Gasteiger partial charge in [-0.1, -0.05) is 11.6 Å². The number of hydrogen-bond donors (Lipinski definition) is 2. The van der Waals surface area contributed by atoms with E-state index in [0.29, 0.717) is 0 Å². The van der Waals surface area contributed by atoms with E-state index in [1.165, 1.54) is 6.20 Å². The predicted octanol–water partition coefficient (Wildman–Crippen LogP) is 4.79. The molecule has 0 bridgehead atoms. The summed E-state index contributed by atoms with van der Waals surface area (Å²) in [7, 11) is 0. The summed E-state index contributed by atoms with van der Waals surface area (Å²) in [5, 5.41) is 4.75. The molecular formula is C16H21ClFN3O3S. The molecule has 6 nitrogen and oxygen atoms in total. The molecule has 0 spiro atoms. The third-order valence-electron chi connectivity index (χ3n) is 3.44. The Morgan fingerprint density at radius 2 is 2.00 bits per heavy atom. The number of pyridine rings is 1. The Kier molecular flexibility index (Phi) is 5.83. The van der Waals surface area contributed by atoms with Gasteiger partial charge in [0.05, 0.1) is 9.89 Å². The molecule has 1 aliphatic carbocycles. The minimum atomic E-state index is -0.852. The summed E-state index contributed by atoms with van der Waals surface area (Å²) in [6.45, 7) is 7.03. The lowest BCUT2D eigenvalue weighted by atomic mass is 10.2. The maximum Gasteiger partial charge on any atom is 0.408 e. The number of nitrogens with zero attached hydrogens (tertiary/aromatic N) is 1. The third-order valence-corrected chi connectivity index (χ3v) is 4.79. The number of thioether (sulfide) groups is 1. The normalized spacial score (nSPS) is 16.7. The molecule has 9 heteroatoms. The van der Waals surface area contributed by atoms with Crippen molar-refractivity contribution >= 4 is 40.5 Å². The summed E-state index contributed by atoms with van der Waals surface area (Å²) in [5.74, 6) is -0.800. The van der Waals surface area contributed by atoms with E-state index in [1.807, 2.05) is 0 Å². The first-order valence-corrected chi connectivity index (χ1v) is 9.00. The number of alkyl carbamates (subject to hydrolysis) is 1. The van der Waals surface area contributed by atoms with Crippen molar-refractivity contribution in [3.63, 3.8) is 0 Å². The van der Waals surface area contributed by atoms with E-state index in [1.54, 1.807) is 27.7 Å². The quantitative estimate of drug-likeness (QED) is 0.723. The molecule has 0 aromatic carbocycles. The van der Waals surface area contributed by atoms with Gasteiger partial charge in [0.1, 0.15) is 5.60 Å². The SMILES string of the molecule is CC(C)(C)OC(=O)NC(C)(SC(=O)Nc1ncc(Cl)cc1F)C1CC1. The van der Waals surface area contributed by atoms with E-state index >= 15 is 0 Å². The molecule has 2 rings (SSSR count). The fourth-order valence-corrected chi connectivity index (χ4v) is 3.39. The van der Waals surface area contributed by atoms with Crippen LogP contribution >= 0.6 is 23.4 Å². The number of amides is 2. The van der Waals surface area contributed by atoms with Crippen LogP contribution in [0.5, 0.6) is 0 Å². The number of ether oxygens (including phenoxy) is 1. The van der Waals surface area contributed by atoms with E-state index in [2.05, 4.69) is 15.6 Å². The zero-order valence-electron chi connectivity index (χ0n) is 14.5. The van der Waals surface area contributed by atoms with E-state index in [4.69, 9.17) is 16.3 Å². The average molecular weight is 390 g/mol. The highest BCUT2D eigenvalue weighted by Crippen LogP contribution is 2.46. The topological polar surface area (TPSA) is 80.3 Å². The van der Waals surface area contributed by atoms with Gasteiger partial charge in [0, 0.05) is 6.20 Å². The molecule has 1 saturated carbocycles. The number of carbonyl (C=O) groups excluding carboxylic acids is 2. The number of nitrogens with one attached hydrogen (secondary N) is 2. The van der Waals surface area contributed by atoms with Gasteiger partial charge < -0.3 is 10.1 Å². The monoisotopic (exact) mass is 389 g/mol. The molecular weight excluding hydrogens is 369 g/mol. The van der Waals surface area contributed by atoms with Crippen LogP contribution < -0.4 is 10.6 Å². The van der Waals surface area contributed by atoms with Crippen molar-refractivity contribution in [2.45, 2.75) is 51.0 Å². The minimum absolute atomic E-state index is 0.137. The molecule has 25 heavy (non-hydrogen) atoms. The van der Waals surface area contributed by atoms with Gasteiger partial charge >= 0.3 is 6.09 Å². The fourth-order valence-electron chi connectivity index (χ4n) is 2.17. The molecule has 138 valence electrons. The Hall–Kier alpha value is -1.54. The molecule has 0 radical (unpaired) electrons. The first-order valence-electron chi connectivity index (χ1n) is 7.81. The van der Waals surface area contributed by atoms with Crippen molar-refractivity contribution < 1.29 is 18.7 Å². The van der Waals surface area contributed by atoms with Crippen LogP contribution in [0.3, 0.4) is 0 Å². The van der Waals surface area contributed by atoms with Crippen LogP contribution in [-0.4, -0.2) is 26.8 Å². The number of rotatable bonds is 4. The van der Waals surface area contributed by atoms with Crippen LogP contribution in [0.2, 0.25) is 5.02 Å². The highest BCUT2D eigenvalue weighted by molar-refractivity contribution is 8.15. The molecule has 2 N–H and O–H groups in total. The Morgan fingerprint density at radius 3 is 2.52 bits per heavy atom. The molecule has 1 aliphatic rings. The van der Waals surface area contributed by atoms with Crippen LogP contribution in [0, 0.1) is 11.7 Å². The van der Waals surface area contributed by atoms with Crippen molar-refractivity contribution in [3.8, 4) is 0 Å². The number of anilines is 1. The lowest BCUT2D eigenvalue weighted by Crippen LogP contribution is -2.48. The standard InChI is InChI=1S/C16H21ClFN3O3S/c1-15(2,3)24-13(22)21-16(4,9-5-6-9)25-14(23)20-12-11(18)7-10(17)8-19-12/h7-9H,5-6H2,1-4H3,(H,21,22)(H,19,20,23). The number of carbonyl (C=O) groups is 2. The van der Waals surface area contributed by atoms with E-state index in [0.717, 1.165) is 30.7 Å². The average Bonchev–Trinajstić information content (AvgIpc) is 3.24. The second kappa shape index (κ2) is 7.37. The number of halogens is 2. The summed E-state index contributed by atoms with van der Waals surface area (Å²) in [6, 6.07) is 1.06. The van der Waals surface area contributed by atoms with Gasteiger partial charge in [0.15, 0.2) is 11.6 Å². The number of aromatic nitrogens is 1. The molecule has 2 amide bonds. The molecule has 0 aliphatic heterocycles. The highest BCUT2D eigenvalue weighted by atomic mass is 35.5. The van der Waals surface area contributed by atoms with Crippen molar-refractivity contribution in [3.05, 3.63) is 23.1 Å². The number of hydrogen-bond acceptors (Lipinski definition) is 5. The maximum atomic E-state index is 13.7. The molecule has 0 saturated heterocycles. The summed E-state index contributed by atoms with van der Waals surface area (Å²) in [5.41, 5.74) is -0.641. The van der Waals surface area contributed by atoms with Gasteiger partial charge in [-0.15, -0.1) is 0 Å². The van der Waals surface area contributed by atoms with Crippen LogP contribution in [0.4, 0.5) is 19.8 Å². The van der Waals surface area contributed by atoms with Gasteiger partial charge in [0.25, 0.3) is 5.24 Å². The van der Waals surface area contributed by atoms with Crippen molar-refractivity contribution in [1.29, 1.82) is 0 Å². The van der Waals surface area contributed by atoms with Gasteiger partial charge in [-0.25, -0.2) is 14.2 Å². The Morgan fingerprint density at radius 1 is 1.36 bits per heavy atom. The van der Waals surface area contributed by atoms with E-state index < -0.39 is 27.6 Å². The third kappa shape index (κ3) is 6.04.